The van der Waals surface area contributed by atoms with Crippen LogP contribution in [-0.4, -0.2) is 64.7 Å². The minimum atomic E-state index is -0.382. The summed E-state index contributed by atoms with van der Waals surface area (Å²) in [4.78, 5) is 28.5. The lowest BCUT2D eigenvalue weighted by molar-refractivity contribution is 0.0516. The fourth-order valence-electron chi connectivity index (χ4n) is 2.92. The number of hydrogen-bond acceptors (Lipinski definition) is 5. The van der Waals surface area contributed by atoms with Crippen molar-refractivity contribution < 1.29 is 14.3 Å². The first-order chi connectivity index (χ1) is 12.2. The summed E-state index contributed by atoms with van der Waals surface area (Å²) in [5.41, 5.74) is 1.95. The number of aromatic amines is 1. The summed E-state index contributed by atoms with van der Waals surface area (Å²) < 4.78 is 5.03. The second-order valence-corrected chi connectivity index (χ2v) is 5.93. The van der Waals surface area contributed by atoms with E-state index >= 15 is 0 Å². The number of hydrogen-bond donors (Lipinski definition) is 1. The van der Waals surface area contributed by atoms with Crippen molar-refractivity contribution in [3.63, 3.8) is 0 Å². The molecule has 25 heavy (non-hydrogen) atoms. The number of rotatable bonds is 5. The zero-order chi connectivity index (χ0) is 17.6. The number of piperazine rings is 1. The van der Waals surface area contributed by atoms with Crippen molar-refractivity contribution in [2.24, 2.45) is 0 Å². The highest BCUT2D eigenvalue weighted by Gasteiger charge is 2.24. The van der Waals surface area contributed by atoms with Crippen LogP contribution in [0.25, 0.3) is 0 Å². The molecule has 0 spiro atoms. The van der Waals surface area contributed by atoms with E-state index < -0.39 is 0 Å². The van der Waals surface area contributed by atoms with Crippen molar-refractivity contribution in [2.45, 2.75) is 13.5 Å². The van der Waals surface area contributed by atoms with E-state index in [9.17, 15) is 9.59 Å². The highest BCUT2D eigenvalue weighted by atomic mass is 16.5. The number of aromatic nitrogens is 2. The van der Waals surface area contributed by atoms with Gasteiger partial charge < -0.3 is 9.64 Å². The third-order valence-corrected chi connectivity index (χ3v) is 4.27. The van der Waals surface area contributed by atoms with E-state index in [2.05, 4.69) is 15.1 Å². The normalized spacial score (nSPS) is 15.2. The maximum atomic E-state index is 12.5. The number of nitrogens with one attached hydrogen (secondary N) is 1. The number of H-pyrrole nitrogens is 1. The average molecular weight is 342 g/mol. The second-order valence-electron chi connectivity index (χ2n) is 5.93. The monoisotopic (exact) mass is 342 g/mol. The summed E-state index contributed by atoms with van der Waals surface area (Å²) in [6, 6.07) is 9.33. The minimum absolute atomic E-state index is 0.0655. The fraction of sp³-hybridized carbons (Fsp3) is 0.389. The van der Waals surface area contributed by atoms with Gasteiger partial charge in [-0.25, -0.2) is 4.79 Å². The lowest BCUT2D eigenvalue weighted by atomic mass is 10.1. The quantitative estimate of drug-likeness (QED) is 0.834. The molecule has 0 aliphatic carbocycles. The van der Waals surface area contributed by atoms with Gasteiger partial charge in [0, 0.05) is 43.9 Å². The predicted octanol–water partition coefficient (Wildman–Crippen LogP) is 1.54. The molecule has 1 fully saturated rings. The van der Waals surface area contributed by atoms with E-state index in [0.717, 1.165) is 24.2 Å². The Balaban J connectivity index is 1.56. The van der Waals surface area contributed by atoms with Gasteiger partial charge in [-0.05, 0) is 19.1 Å². The molecule has 3 rings (SSSR count). The molecule has 0 radical (unpaired) electrons. The summed E-state index contributed by atoms with van der Waals surface area (Å²) in [7, 11) is 0. The van der Waals surface area contributed by atoms with Crippen LogP contribution in [0.4, 0.5) is 0 Å². The molecule has 132 valence electrons. The lowest BCUT2D eigenvalue weighted by Crippen LogP contribution is -2.48. The molecule has 0 unspecified atom stereocenters. The van der Waals surface area contributed by atoms with Crippen LogP contribution in [0.15, 0.2) is 36.5 Å². The van der Waals surface area contributed by atoms with E-state index in [4.69, 9.17) is 4.74 Å². The van der Waals surface area contributed by atoms with Crippen molar-refractivity contribution in [3.05, 3.63) is 53.3 Å². The number of carbonyl (C=O) groups is 2. The Morgan fingerprint density at radius 2 is 1.88 bits per heavy atom. The van der Waals surface area contributed by atoms with Gasteiger partial charge in [-0.2, -0.15) is 5.10 Å². The molecular weight excluding hydrogens is 320 g/mol. The molecule has 2 heterocycles. The Bertz CT molecular complexity index is 721. The summed E-state index contributed by atoms with van der Waals surface area (Å²) in [6.45, 7) is 5.56. The largest absolute Gasteiger partial charge is 0.461 e. The lowest BCUT2D eigenvalue weighted by Gasteiger charge is -2.34. The average Bonchev–Trinajstić information content (AvgIpc) is 3.11. The Morgan fingerprint density at radius 1 is 1.16 bits per heavy atom. The van der Waals surface area contributed by atoms with Crippen LogP contribution in [0, 0.1) is 0 Å². The number of nitrogens with zero attached hydrogens (tertiary/aromatic N) is 3. The van der Waals surface area contributed by atoms with Gasteiger partial charge in [0.2, 0.25) is 0 Å². The molecule has 2 aromatic rings. The zero-order valence-corrected chi connectivity index (χ0v) is 14.3. The van der Waals surface area contributed by atoms with Gasteiger partial charge in [-0.1, -0.05) is 18.2 Å². The van der Waals surface area contributed by atoms with Crippen LogP contribution in [0.1, 0.15) is 33.3 Å². The molecule has 1 amide bonds. The highest BCUT2D eigenvalue weighted by molar-refractivity contribution is 5.94. The Labute approximate surface area is 146 Å². The fourth-order valence-corrected chi connectivity index (χ4v) is 2.92. The molecule has 1 aromatic carbocycles. The van der Waals surface area contributed by atoms with Crippen LogP contribution >= 0.6 is 0 Å². The summed E-state index contributed by atoms with van der Waals surface area (Å²) in [5.74, 6) is -0.316. The molecular formula is C18H22N4O3. The maximum absolute atomic E-state index is 12.5. The topological polar surface area (TPSA) is 78.5 Å². The van der Waals surface area contributed by atoms with Crippen molar-refractivity contribution in [1.29, 1.82) is 0 Å². The SMILES string of the molecule is CCOC(=O)c1[nH]ncc1CN1CCN(C(=O)c2ccccc2)CC1. The van der Waals surface area contributed by atoms with Crippen molar-refractivity contribution in [1.82, 2.24) is 20.0 Å². The van der Waals surface area contributed by atoms with E-state index in [1.165, 1.54) is 0 Å². The standard InChI is InChI=1S/C18H22N4O3/c1-2-25-18(24)16-15(12-19-20-16)13-21-8-10-22(11-9-21)17(23)14-6-4-3-5-7-14/h3-7,12H,2,8-11,13H2,1H3,(H,19,20). The summed E-state index contributed by atoms with van der Waals surface area (Å²) in [6.07, 6.45) is 1.66. The predicted molar refractivity (Wildman–Crippen MR) is 92.2 cm³/mol. The maximum Gasteiger partial charge on any atom is 0.356 e. The van der Waals surface area contributed by atoms with Gasteiger partial charge in [0.25, 0.3) is 5.91 Å². The third-order valence-electron chi connectivity index (χ3n) is 4.27. The smallest absolute Gasteiger partial charge is 0.356 e. The summed E-state index contributed by atoms with van der Waals surface area (Å²) >= 11 is 0. The Kier molecular flexibility index (Phi) is 5.45. The highest BCUT2D eigenvalue weighted by Crippen LogP contribution is 2.14. The van der Waals surface area contributed by atoms with Gasteiger partial charge in [-0.15, -0.1) is 0 Å². The van der Waals surface area contributed by atoms with Crippen LogP contribution in [0.3, 0.4) is 0 Å². The number of esters is 1. The van der Waals surface area contributed by atoms with E-state index in [0.29, 0.717) is 31.9 Å². The number of amides is 1. The first-order valence-electron chi connectivity index (χ1n) is 8.45. The van der Waals surface area contributed by atoms with E-state index in [-0.39, 0.29) is 11.9 Å². The van der Waals surface area contributed by atoms with Crippen molar-refractivity contribution in [3.8, 4) is 0 Å². The van der Waals surface area contributed by atoms with Crippen molar-refractivity contribution in [2.75, 3.05) is 32.8 Å². The molecule has 0 saturated carbocycles. The van der Waals surface area contributed by atoms with Crippen molar-refractivity contribution >= 4 is 11.9 Å². The molecule has 1 saturated heterocycles. The summed E-state index contributed by atoms with van der Waals surface area (Å²) in [5, 5.41) is 6.67. The molecule has 1 aromatic heterocycles. The van der Waals surface area contributed by atoms with Crippen LogP contribution in [-0.2, 0) is 11.3 Å². The van der Waals surface area contributed by atoms with Crippen LogP contribution < -0.4 is 0 Å². The van der Waals surface area contributed by atoms with Gasteiger partial charge in [0.1, 0.15) is 5.69 Å². The third kappa shape index (κ3) is 4.06. The first-order valence-corrected chi connectivity index (χ1v) is 8.45. The van der Waals surface area contributed by atoms with Crippen LogP contribution in [0.5, 0.6) is 0 Å². The number of ether oxygens (including phenoxy) is 1. The molecule has 0 bridgehead atoms. The molecule has 1 aliphatic heterocycles. The van der Waals surface area contributed by atoms with Gasteiger partial charge in [0.15, 0.2) is 0 Å². The minimum Gasteiger partial charge on any atom is -0.461 e. The first kappa shape index (κ1) is 17.2. The second kappa shape index (κ2) is 7.94. The number of carbonyl (C=O) groups excluding carboxylic acids is 2. The van der Waals surface area contributed by atoms with Crippen LogP contribution in [0.2, 0.25) is 0 Å². The molecule has 7 heteroatoms. The molecule has 7 nitrogen and oxygen atoms in total. The van der Waals surface area contributed by atoms with Gasteiger partial charge in [-0.3, -0.25) is 14.8 Å². The zero-order valence-electron chi connectivity index (χ0n) is 14.3. The number of benzene rings is 1. The van der Waals surface area contributed by atoms with Gasteiger partial charge >= 0.3 is 5.97 Å². The Hall–Kier alpha value is -2.67. The van der Waals surface area contributed by atoms with E-state index in [1.807, 2.05) is 35.2 Å². The van der Waals surface area contributed by atoms with E-state index in [1.54, 1.807) is 13.1 Å². The molecule has 1 aliphatic rings. The van der Waals surface area contributed by atoms with Gasteiger partial charge in [0.05, 0.1) is 12.8 Å². The molecule has 0 atom stereocenters. The molecule has 1 N–H and O–H groups in total. The Morgan fingerprint density at radius 3 is 2.56 bits per heavy atom.